The van der Waals surface area contributed by atoms with E-state index in [9.17, 15) is 18.0 Å². The molecule has 174 valence electrons. The molecule has 1 aliphatic rings. The van der Waals surface area contributed by atoms with E-state index >= 15 is 0 Å². The van der Waals surface area contributed by atoms with Crippen LogP contribution in [0.2, 0.25) is 0 Å². The third-order valence-corrected chi connectivity index (χ3v) is 8.29. The average Bonchev–Trinajstić information content (AvgIpc) is 3.34. The van der Waals surface area contributed by atoms with Crippen LogP contribution < -0.4 is 10.9 Å². The highest BCUT2D eigenvalue weighted by atomic mass is 32.2. The standard InChI is InChI=1S/C23H26N4O4S2/c1-16(2)27-22(29)19-10-3-4-11-20(19)25-23(27)32-15-21(28)24-17-8-7-9-18(14-17)33(30,31)26-12-5-6-13-26/h3-4,7-11,14,16H,5-6,12-13,15H2,1-2H3,(H,24,28). The lowest BCUT2D eigenvalue weighted by Crippen LogP contribution is -2.28. The fourth-order valence-electron chi connectivity index (χ4n) is 3.82. The summed E-state index contributed by atoms with van der Waals surface area (Å²) in [6, 6.07) is 13.3. The second-order valence-corrected chi connectivity index (χ2v) is 11.0. The molecule has 0 atom stereocenters. The monoisotopic (exact) mass is 486 g/mol. The second kappa shape index (κ2) is 9.66. The van der Waals surface area contributed by atoms with Gasteiger partial charge in [-0.25, -0.2) is 13.4 Å². The van der Waals surface area contributed by atoms with Gasteiger partial charge in [-0.1, -0.05) is 30.0 Å². The van der Waals surface area contributed by atoms with E-state index in [1.807, 2.05) is 19.9 Å². The number of fused-ring (bicyclic) bond motifs is 1. The number of carbonyl (C=O) groups excluding carboxylic acids is 1. The van der Waals surface area contributed by atoms with Crippen molar-refractivity contribution in [3.63, 3.8) is 0 Å². The van der Waals surface area contributed by atoms with E-state index in [1.54, 1.807) is 41.0 Å². The number of para-hydroxylation sites is 1. The normalized spacial score (nSPS) is 14.8. The molecule has 0 saturated carbocycles. The first-order valence-corrected chi connectivity index (χ1v) is 13.2. The summed E-state index contributed by atoms with van der Waals surface area (Å²) in [7, 11) is -3.56. The van der Waals surface area contributed by atoms with E-state index in [0.29, 0.717) is 34.8 Å². The van der Waals surface area contributed by atoms with Gasteiger partial charge in [-0.3, -0.25) is 14.2 Å². The third kappa shape index (κ3) is 4.97. The van der Waals surface area contributed by atoms with Gasteiger partial charge in [-0.05, 0) is 57.0 Å². The topological polar surface area (TPSA) is 101 Å². The van der Waals surface area contributed by atoms with Gasteiger partial charge in [0.25, 0.3) is 5.56 Å². The highest BCUT2D eigenvalue weighted by Gasteiger charge is 2.27. The number of aromatic nitrogens is 2. The fraction of sp³-hybridized carbons (Fsp3) is 0.348. The number of hydrogen-bond acceptors (Lipinski definition) is 6. The number of amides is 1. The predicted octanol–water partition coefficient (Wildman–Crippen LogP) is 3.49. The molecule has 2 aromatic carbocycles. The van der Waals surface area contributed by atoms with Crippen molar-refractivity contribution in [1.29, 1.82) is 0 Å². The summed E-state index contributed by atoms with van der Waals surface area (Å²) in [5, 5.41) is 3.76. The van der Waals surface area contributed by atoms with Gasteiger partial charge in [0.1, 0.15) is 0 Å². The molecule has 33 heavy (non-hydrogen) atoms. The van der Waals surface area contributed by atoms with Crippen LogP contribution in [0.1, 0.15) is 32.7 Å². The van der Waals surface area contributed by atoms with Crippen molar-refractivity contribution in [1.82, 2.24) is 13.9 Å². The molecule has 3 aromatic rings. The molecular weight excluding hydrogens is 460 g/mol. The molecule has 0 bridgehead atoms. The smallest absolute Gasteiger partial charge is 0.262 e. The van der Waals surface area contributed by atoms with Crippen molar-refractivity contribution >= 4 is 44.3 Å². The van der Waals surface area contributed by atoms with E-state index in [-0.39, 0.29) is 28.2 Å². The molecule has 0 unspecified atom stereocenters. The Balaban J connectivity index is 1.50. The van der Waals surface area contributed by atoms with Crippen LogP contribution in [-0.4, -0.2) is 47.0 Å². The maximum atomic E-state index is 12.9. The summed E-state index contributed by atoms with van der Waals surface area (Å²) >= 11 is 1.18. The van der Waals surface area contributed by atoms with E-state index in [0.717, 1.165) is 12.8 Å². The zero-order valence-electron chi connectivity index (χ0n) is 18.5. The summed E-state index contributed by atoms with van der Waals surface area (Å²) in [5.41, 5.74) is 0.856. The summed E-state index contributed by atoms with van der Waals surface area (Å²) in [6.45, 7) is 4.83. The minimum Gasteiger partial charge on any atom is -0.325 e. The van der Waals surface area contributed by atoms with Crippen molar-refractivity contribution in [3.8, 4) is 0 Å². The first-order valence-electron chi connectivity index (χ1n) is 10.8. The molecule has 2 heterocycles. The summed E-state index contributed by atoms with van der Waals surface area (Å²) < 4.78 is 28.6. The Morgan fingerprint density at radius 3 is 2.58 bits per heavy atom. The molecular formula is C23H26N4O4S2. The Labute approximate surface area is 197 Å². The largest absolute Gasteiger partial charge is 0.325 e. The third-order valence-electron chi connectivity index (χ3n) is 5.44. The fourth-order valence-corrected chi connectivity index (χ4v) is 6.31. The number of sulfonamides is 1. The first kappa shape index (κ1) is 23.5. The number of thioether (sulfide) groups is 1. The molecule has 1 N–H and O–H groups in total. The maximum absolute atomic E-state index is 12.9. The Morgan fingerprint density at radius 2 is 1.85 bits per heavy atom. The molecule has 0 aliphatic carbocycles. The minimum atomic E-state index is -3.56. The maximum Gasteiger partial charge on any atom is 0.262 e. The predicted molar refractivity (Wildman–Crippen MR) is 130 cm³/mol. The molecule has 1 saturated heterocycles. The number of hydrogen-bond donors (Lipinski definition) is 1. The lowest BCUT2D eigenvalue weighted by molar-refractivity contribution is -0.113. The van der Waals surface area contributed by atoms with Crippen LogP contribution in [0, 0.1) is 0 Å². The lowest BCUT2D eigenvalue weighted by atomic mass is 10.2. The summed E-state index contributed by atoms with van der Waals surface area (Å²) in [5.74, 6) is -0.283. The Kier molecular flexibility index (Phi) is 6.87. The van der Waals surface area contributed by atoms with E-state index in [4.69, 9.17) is 0 Å². The van der Waals surface area contributed by atoms with Crippen molar-refractivity contribution < 1.29 is 13.2 Å². The van der Waals surface area contributed by atoms with E-state index in [1.165, 1.54) is 22.1 Å². The quantitative estimate of drug-likeness (QED) is 0.405. The summed E-state index contributed by atoms with van der Waals surface area (Å²) in [6.07, 6.45) is 1.72. The van der Waals surface area contributed by atoms with Gasteiger partial charge in [0.15, 0.2) is 5.16 Å². The highest BCUT2D eigenvalue weighted by Crippen LogP contribution is 2.24. The Morgan fingerprint density at radius 1 is 1.12 bits per heavy atom. The van der Waals surface area contributed by atoms with Crippen molar-refractivity contribution in [3.05, 3.63) is 58.9 Å². The molecule has 1 aliphatic heterocycles. The van der Waals surface area contributed by atoms with Crippen molar-refractivity contribution in [2.45, 2.75) is 42.8 Å². The Bertz CT molecular complexity index is 1350. The molecule has 0 spiro atoms. The number of rotatable bonds is 7. The number of carbonyl (C=O) groups is 1. The molecule has 1 fully saturated rings. The van der Waals surface area contributed by atoms with Gasteiger partial charge in [0, 0.05) is 24.8 Å². The lowest BCUT2D eigenvalue weighted by Gasteiger charge is -2.17. The molecule has 8 nitrogen and oxygen atoms in total. The van der Waals surface area contributed by atoms with Crippen LogP contribution in [0.4, 0.5) is 5.69 Å². The van der Waals surface area contributed by atoms with Crippen LogP contribution in [0.3, 0.4) is 0 Å². The van der Waals surface area contributed by atoms with E-state index < -0.39 is 10.0 Å². The van der Waals surface area contributed by atoms with Gasteiger partial charge in [-0.15, -0.1) is 0 Å². The van der Waals surface area contributed by atoms with Gasteiger partial charge in [0.2, 0.25) is 15.9 Å². The van der Waals surface area contributed by atoms with Gasteiger partial charge >= 0.3 is 0 Å². The molecule has 1 amide bonds. The minimum absolute atomic E-state index is 0.0284. The second-order valence-electron chi connectivity index (χ2n) is 8.16. The van der Waals surface area contributed by atoms with Crippen LogP contribution in [0.5, 0.6) is 0 Å². The Hall–Kier alpha value is -2.69. The molecule has 1 aromatic heterocycles. The van der Waals surface area contributed by atoms with Crippen LogP contribution in [0.15, 0.2) is 63.4 Å². The number of nitrogens with zero attached hydrogens (tertiary/aromatic N) is 3. The number of nitrogens with one attached hydrogen (secondary N) is 1. The van der Waals surface area contributed by atoms with Gasteiger partial charge in [0.05, 0.1) is 21.6 Å². The number of benzene rings is 2. The van der Waals surface area contributed by atoms with Crippen LogP contribution in [0.25, 0.3) is 10.9 Å². The zero-order valence-corrected chi connectivity index (χ0v) is 20.2. The van der Waals surface area contributed by atoms with E-state index in [2.05, 4.69) is 10.3 Å². The van der Waals surface area contributed by atoms with Crippen LogP contribution in [-0.2, 0) is 14.8 Å². The van der Waals surface area contributed by atoms with Crippen molar-refractivity contribution in [2.24, 2.45) is 0 Å². The van der Waals surface area contributed by atoms with Gasteiger partial charge < -0.3 is 5.32 Å². The highest BCUT2D eigenvalue weighted by molar-refractivity contribution is 7.99. The van der Waals surface area contributed by atoms with Gasteiger partial charge in [-0.2, -0.15) is 4.31 Å². The SMILES string of the molecule is CC(C)n1c(SCC(=O)Nc2cccc(S(=O)(=O)N3CCCC3)c2)nc2ccccc2c1=O. The molecule has 10 heteroatoms. The summed E-state index contributed by atoms with van der Waals surface area (Å²) in [4.78, 5) is 30.3. The van der Waals surface area contributed by atoms with Crippen LogP contribution >= 0.6 is 11.8 Å². The molecule has 0 radical (unpaired) electrons. The number of anilines is 1. The van der Waals surface area contributed by atoms with Crippen molar-refractivity contribution in [2.75, 3.05) is 24.2 Å². The first-order chi connectivity index (χ1) is 15.8. The average molecular weight is 487 g/mol. The zero-order chi connectivity index (χ0) is 23.6. The molecule has 4 rings (SSSR count).